The number of rotatable bonds is 6. The SMILES string of the molecule is CCCc1c(CNC2CC2)cnn1-c1ccncc1. The topological polar surface area (TPSA) is 42.7 Å². The highest BCUT2D eigenvalue weighted by Gasteiger charge is 2.21. The van der Waals surface area contributed by atoms with Crippen LogP contribution in [0.5, 0.6) is 0 Å². The van der Waals surface area contributed by atoms with Crippen LogP contribution in [-0.4, -0.2) is 20.8 Å². The van der Waals surface area contributed by atoms with E-state index in [-0.39, 0.29) is 0 Å². The van der Waals surface area contributed by atoms with Gasteiger partial charge < -0.3 is 5.32 Å². The van der Waals surface area contributed by atoms with E-state index in [4.69, 9.17) is 0 Å². The average Bonchev–Trinajstić information content (AvgIpc) is 3.20. The number of pyridine rings is 1. The zero-order valence-electron chi connectivity index (χ0n) is 11.3. The maximum atomic E-state index is 4.55. The van der Waals surface area contributed by atoms with Crippen LogP contribution in [0.1, 0.15) is 37.4 Å². The van der Waals surface area contributed by atoms with Crippen molar-refractivity contribution in [1.82, 2.24) is 20.1 Å². The Hall–Kier alpha value is -1.68. The molecule has 1 fully saturated rings. The smallest absolute Gasteiger partial charge is 0.0679 e. The van der Waals surface area contributed by atoms with Gasteiger partial charge in [-0.3, -0.25) is 4.98 Å². The minimum atomic E-state index is 0.735. The molecular weight excluding hydrogens is 236 g/mol. The van der Waals surface area contributed by atoms with Gasteiger partial charge >= 0.3 is 0 Å². The molecule has 0 bridgehead atoms. The summed E-state index contributed by atoms with van der Waals surface area (Å²) in [6.45, 7) is 3.15. The summed E-state index contributed by atoms with van der Waals surface area (Å²) in [4.78, 5) is 4.07. The molecule has 0 aromatic carbocycles. The van der Waals surface area contributed by atoms with Crippen molar-refractivity contribution in [2.24, 2.45) is 0 Å². The van der Waals surface area contributed by atoms with Crippen molar-refractivity contribution in [3.05, 3.63) is 42.0 Å². The molecule has 2 aromatic rings. The van der Waals surface area contributed by atoms with E-state index in [9.17, 15) is 0 Å². The molecule has 1 aliphatic rings. The summed E-state index contributed by atoms with van der Waals surface area (Å²) in [5.74, 6) is 0. The normalized spacial score (nSPS) is 14.8. The molecule has 3 rings (SSSR count). The number of nitrogens with one attached hydrogen (secondary N) is 1. The van der Waals surface area contributed by atoms with Crippen molar-refractivity contribution in [3.8, 4) is 5.69 Å². The second-order valence-corrected chi connectivity index (χ2v) is 5.14. The van der Waals surface area contributed by atoms with E-state index in [1.54, 1.807) is 0 Å². The third-order valence-corrected chi connectivity index (χ3v) is 3.51. The maximum Gasteiger partial charge on any atom is 0.0679 e. The predicted octanol–water partition coefficient (Wildman–Crippen LogP) is 2.47. The Morgan fingerprint density at radius 2 is 2.11 bits per heavy atom. The summed E-state index contributed by atoms with van der Waals surface area (Å²) >= 11 is 0. The molecule has 0 saturated heterocycles. The Bertz CT molecular complexity index is 528. The molecule has 1 N–H and O–H groups in total. The lowest BCUT2D eigenvalue weighted by atomic mass is 10.1. The van der Waals surface area contributed by atoms with Crippen molar-refractivity contribution >= 4 is 0 Å². The fraction of sp³-hybridized carbons (Fsp3) is 0.467. The Kier molecular flexibility index (Phi) is 3.60. The van der Waals surface area contributed by atoms with Crippen LogP contribution in [0.15, 0.2) is 30.7 Å². The number of aromatic nitrogens is 3. The van der Waals surface area contributed by atoms with Crippen LogP contribution in [-0.2, 0) is 13.0 Å². The maximum absolute atomic E-state index is 4.55. The fourth-order valence-electron chi connectivity index (χ4n) is 2.31. The van der Waals surface area contributed by atoms with Crippen molar-refractivity contribution < 1.29 is 0 Å². The molecule has 0 aliphatic heterocycles. The summed E-state index contributed by atoms with van der Waals surface area (Å²) in [7, 11) is 0. The molecule has 4 heteroatoms. The summed E-state index contributed by atoms with van der Waals surface area (Å²) in [6.07, 6.45) is 10.5. The minimum absolute atomic E-state index is 0.735. The van der Waals surface area contributed by atoms with Gasteiger partial charge in [0, 0.05) is 36.2 Å². The minimum Gasteiger partial charge on any atom is -0.310 e. The molecule has 0 atom stereocenters. The van der Waals surface area contributed by atoms with Crippen molar-refractivity contribution in [3.63, 3.8) is 0 Å². The van der Waals surface area contributed by atoms with Gasteiger partial charge in [-0.2, -0.15) is 5.10 Å². The number of hydrogen-bond acceptors (Lipinski definition) is 3. The third-order valence-electron chi connectivity index (χ3n) is 3.51. The second kappa shape index (κ2) is 5.53. The van der Waals surface area contributed by atoms with Crippen LogP contribution in [0.25, 0.3) is 5.69 Å². The first kappa shape index (κ1) is 12.4. The Labute approximate surface area is 113 Å². The highest BCUT2D eigenvalue weighted by atomic mass is 15.3. The summed E-state index contributed by atoms with van der Waals surface area (Å²) in [5.41, 5.74) is 3.74. The second-order valence-electron chi connectivity index (χ2n) is 5.14. The van der Waals surface area contributed by atoms with Gasteiger partial charge in [-0.15, -0.1) is 0 Å². The molecule has 1 saturated carbocycles. The monoisotopic (exact) mass is 256 g/mol. The first-order valence-electron chi connectivity index (χ1n) is 7.08. The quantitative estimate of drug-likeness (QED) is 0.863. The average molecular weight is 256 g/mol. The largest absolute Gasteiger partial charge is 0.310 e. The predicted molar refractivity (Wildman–Crippen MR) is 75.2 cm³/mol. The number of nitrogens with zero attached hydrogens (tertiary/aromatic N) is 3. The molecule has 1 aliphatic carbocycles. The molecule has 0 radical (unpaired) electrons. The van der Waals surface area contributed by atoms with Gasteiger partial charge in [0.15, 0.2) is 0 Å². The Balaban J connectivity index is 1.86. The molecule has 2 heterocycles. The first-order valence-corrected chi connectivity index (χ1v) is 7.08. The zero-order chi connectivity index (χ0) is 13.1. The summed E-state index contributed by atoms with van der Waals surface area (Å²) in [6, 6.07) is 4.74. The molecule has 100 valence electrons. The molecule has 0 unspecified atom stereocenters. The van der Waals surface area contributed by atoms with Gasteiger partial charge in [0.2, 0.25) is 0 Å². The molecular formula is C15H20N4. The third kappa shape index (κ3) is 2.84. The lowest BCUT2D eigenvalue weighted by molar-refractivity contribution is 0.676. The summed E-state index contributed by atoms with van der Waals surface area (Å²) < 4.78 is 2.05. The van der Waals surface area contributed by atoms with Crippen LogP contribution in [0.2, 0.25) is 0 Å². The molecule has 0 amide bonds. The molecule has 0 spiro atoms. The standard InChI is InChI=1S/C15H20N4/c1-2-3-15-12(10-17-13-4-5-13)11-18-19(15)14-6-8-16-9-7-14/h6-9,11,13,17H,2-5,10H2,1H3. The lowest BCUT2D eigenvalue weighted by Crippen LogP contribution is -2.16. The van der Waals surface area contributed by atoms with Crippen LogP contribution in [0.4, 0.5) is 0 Å². The van der Waals surface area contributed by atoms with E-state index in [1.165, 1.54) is 24.1 Å². The number of hydrogen-bond donors (Lipinski definition) is 1. The van der Waals surface area contributed by atoms with E-state index >= 15 is 0 Å². The van der Waals surface area contributed by atoms with Crippen LogP contribution in [0, 0.1) is 0 Å². The van der Waals surface area contributed by atoms with E-state index < -0.39 is 0 Å². The van der Waals surface area contributed by atoms with Crippen LogP contribution in [0.3, 0.4) is 0 Å². The fourth-order valence-corrected chi connectivity index (χ4v) is 2.31. The van der Waals surface area contributed by atoms with Crippen molar-refractivity contribution in [2.75, 3.05) is 0 Å². The van der Waals surface area contributed by atoms with E-state index in [0.717, 1.165) is 31.1 Å². The van der Waals surface area contributed by atoms with Gasteiger partial charge in [-0.05, 0) is 31.4 Å². The van der Waals surface area contributed by atoms with E-state index in [0.29, 0.717) is 0 Å². The van der Waals surface area contributed by atoms with Crippen LogP contribution >= 0.6 is 0 Å². The van der Waals surface area contributed by atoms with E-state index in [2.05, 4.69) is 27.0 Å². The van der Waals surface area contributed by atoms with Gasteiger partial charge in [-0.25, -0.2) is 4.68 Å². The Morgan fingerprint density at radius 3 is 2.79 bits per heavy atom. The molecule has 19 heavy (non-hydrogen) atoms. The van der Waals surface area contributed by atoms with Gasteiger partial charge in [0.25, 0.3) is 0 Å². The highest BCUT2D eigenvalue weighted by Crippen LogP contribution is 2.21. The van der Waals surface area contributed by atoms with Crippen molar-refractivity contribution in [2.45, 2.75) is 45.2 Å². The Morgan fingerprint density at radius 1 is 1.32 bits per heavy atom. The van der Waals surface area contributed by atoms with E-state index in [1.807, 2.05) is 30.7 Å². The zero-order valence-corrected chi connectivity index (χ0v) is 11.3. The van der Waals surface area contributed by atoms with Crippen LogP contribution < -0.4 is 5.32 Å². The van der Waals surface area contributed by atoms with Gasteiger partial charge in [0.1, 0.15) is 0 Å². The molecule has 2 aromatic heterocycles. The highest BCUT2D eigenvalue weighted by molar-refractivity contribution is 5.33. The lowest BCUT2D eigenvalue weighted by Gasteiger charge is -2.09. The summed E-state index contributed by atoms with van der Waals surface area (Å²) in [5, 5.41) is 8.12. The van der Waals surface area contributed by atoms with Crippen molar-refractivity contribution in [1.29, 1.82) is 0 Å². The first-order chi connectivity index (χ1) is 9.38. The van der Waals surface area contributed by atoms with Gasteiger partial charge in [0.05, 0.1) is 11.9 Å². The molecule has 4 nitrogen and oxygen atoms in total. The van der Waals surface area contributed by atoms with Gasteiger partial charge in [-0.1, -0.05) is 13.3 Å².